The molecule has 3 nitrogen and oxygen atoms in total. The molecule has 0 fully saturated rings. The van der Waals surface area contributed by atoms with Gasteiger partial charge in [-0.05, 0) is 30.5 Å². The summed E-state index contributed by atoms with van der Waals surface area (Å²) >= 11 is 0. The van der Waals surface area contributed by atoms with E-state index in [4.69, 9.17) is 0 Å². The fourth-order valence-corrected chi connectivity index (χ4v) is 2.57. The quantitative estimate of drug-likeness (QED) is 0.739. The van der Waals surface area contributed by atoms with Gasteiger partial charge in [0.1, 0.15) is 0 Å². The van der Waals surface area contributed by atoms with Crippen LogP contribution in [0.4, 0.5) is 0 Å². The van der Waals surface area contributed by atoms with Gasteiger partial charge in [0.2, 0.25) is 5.91 Å². The standard InChI is InChI=1S/C19H20N2O/c1-14-6-8-15(9-7-14)10-11-19(22)21-13-16-12-20-18-5-3-2-4-17(16)18/h2-9,12,20H,10-11,13H2,1H3,(H,21,22). The second kappa shape index (κ2) is 6.48. The Morgan fingerprint density at radius 2 is 1.86 bits per heavy atom. The van der Waals surface area contributed by atoms with E-state index in [0.717, 1.165) is 17.5 Å². The molecule has 2 aromatic carbocycles. The summed E-state index contributed by atoms with van der Waals surface area (Å²) in [6, 6.07) is 16.5. The minimum Gasteiger partial charge on any atom is -0.361 e. The Hall–Kier alpha value is -2.55. The maximum atomic E-state index is 12.0. The number of H-pyrrole nitrogens is 1. The number of rotatable bonds is 5. The van der Waals surface area contributed by atoms with Crippen molar-refractivity contribution in [1.29, 1.82) is 0 Å². The summed E-state index contributed by atoms with van der Waals surface area (Å²) < 4.78 is 0. The fraction of sp³-hybridized carbons (Fsp3) is 0.211. The summed E-state index contributed by atoms with van der Waals surface area (Å²) in [5.41, 5.74) is 4.67. The smallest absolute Gasteiger partial charge is 0.220 e. The molecule has 112 valence electrons. The molecule has 0 bridgehead atoms. The van der Waals surface area contributed by atoms with E-state index >= 15 is 0 Å². The van der Waals surface area contributed by atoms with Gasteiger partial charge in [-0.15, -0.1) is 0 Å². The van der Waals surface area contributed by atoms with Crippen molar-refractivity contribution >= 4 is 16.8 Å². The van der Waals surface area contributed by atoms with E-state index in [1.54, 1.807) is 0 Å². The molecule has 0 radical (unpaired) electrons. The number of hydrogen-bond acceptors (Lipinski definition) is 1. The van der Waals surface area contributed by atoms with Crippen LogP contribution in [-0.2, 0) is 17.8 Å². The van der Waals surface area contributed by atoms with Gasteiger partial charge in [-0.25, -0.2) is 0 Å². The molecule has 1 amide bonds. The number of carbonyl (C=O) groups is 1. The number of amides is 1. The van der Waals surface area contributed by atoms with Crippen LogP contribution in [0.5, 0.6) is 0 Å². The topological polar surface area (TPSA) is 44.9 Å². The number of fused-ring (bicyclic) bond motifs is 1. The zero-order valence-corrected chi connectivity index (χ0v) is 12.7. The number of aromatic nitrogens is 1. The Bertz CT molecular complexity index is 771. The van der Waals surface area contributed by atoms with E-state index in [2.05, 4.69) is 47.6 Å². The molecule has 0 saturated carbocycles. The minimum absolute atomic E-state index is 0.0888. The number of nitrogens with one attached hydrogen (secondary N) is 2. The van der Waals surface area contributed by atoms with Crippen LogP contribution < -0.4 is 5.32 Å². The molecule has 22 heavy (non-hydrogen) atoms. The van der Waals surface area contributed by atoms with Crippen molar-refractivity contribution in [1.82, 2.24) is 10.3 Å². The highest BCUT2D eigenvalue weighted by Crippen LogP contribution is 2.17. The number of benzene rings is 2. The Morgan fingerprint density at radius 3 is 2.68 bits per heavy atom. The van der Waals surface area contributed by atoms with E-state index in [0.29, 0.717) is 13.0 Å². The zero-order chi connectivity index (χ0) is 15.4. The number of carbonyl (C=O) groups excluding carboxylic acids is 1. The molecule has 1 aromatic heterocycles. The molecule has 2 N–H and O–H groups in total. The molecule has 0 spiro atoms. The number of hydrogen-bond donors (Lipinski definition) is 2. The maximum absolute atomic E-state index is 12.0. The first-order valence-corrected chi connectivity index (χ1v) is 7.59. The first-order chi connectivity index (χ1) is 10.7. The molecule has 3 aromatic rings. The second-order valence-corrected chi connectivity index (χ2v) is 5.62. The molecule has 3 heteroatoms. The van der Waals surface area contributed by atoms with Crippen LogP contribution in [0.2, 0.25) is 0 Å². The number of aromatic amines is 1. The normalized spacial score (nSPS) is 10.8. The highest BCUT2D eigenvalue weighted by Gasteiger charge is 2.06. The van der Waals surface area contributed by atoms with Gasteiger partial charge in [-0.1, -0.05) is 48.0 Å². The zero-order valence-electron chi connectivity index (χ0n) is 12.7. The molecule has 0 atom stereocenters. The average molecular weight is 292 g/mol. The van der Waals surface area contributed by atoms with Crippen LogP contribution in [0.25, 0.3) is 10.9 Å². The van der Waals surface area contributed by atoms with E-state index in [1.807, 2.05) is 24.4 Å². The molecule has 0 saturated heterocycles. The van der Waals surface area contributed by atoms with Crippen LogP contribution >= 0.6 is 0 Å². The van der Waals surface area contributed by atoms with Crippen molar-refractivity contribution in [2.24, 2.45) is 0 Å². The lowest BCUT2D eigenvalue weighted by Gasteiger charge is -2.05. The fourth-order valence-electron chi connectivity index (χ4n) is 2.57. The van der Waals surface area contributed by atoms with Crippen molar-refractivity contribution in [3.8, 4) is 0 Å². The molecular weight excluding hydrogens is 272 g/mol. The lowest BCUT2D eigenvalue weighted by Crippen LogP contribution is -2.22. The van der Waals surface area contributed by atoms with Gasteiger partial charge < -0.3 is 10.3 Å². The molecule has 0 aliphatic carbocycles. The van der Waals surface area contributed by atoms with Crippen molar-refractivity contribution in [3.05, 3.63) is 71.4 Å². The van der Waals surface area contributed by atoms with Crippen molar-refractivity contribution < 1.29 is 4.79 Å². The Kier molecular flexibility index (Phi) is 4.24. The molecular formula is C19H20N2O. The van der Waals surface area contributed by atoms with Gasteiger partial charge in [0.05, 0.1) is 0 Å². The van der Waals surface area contributed by atoms with Gasteiger partial charge >= 0.3 is 0 Å². The Morgan fingerprint density at radius 1 is 1.09 bits per heavy atom. The molecule has 0 unspecified atom stereocenters. The Balaban J connectivity index is 1.53. The van der Waals surface area contributed by atoms with Gasteiger partial charge in [-0.2, -0.15) is 0 Å². The van der Waals surface area contributed by atoms with Crippen LogP contribution in [-0.4, -0.2) is 10.9 Å². The van der Waals surface area contributed by atoms with Crippen LogP contribution in [0.3, 0.4) is 0 Å². The summed E-state index contributed by atoms with van der Waals surface area (Å²) in [6.45, 7) is 2.63. The summed E-state index contributed by atoms with van der Waals surface area (Å²) in [4.78, 5) is 15.2. The van der Waals surface area contributed by atoms with Crippen LogP contribution in [0.1, 0.15) is 23.1 Å². The average Bonchev–Trinajstić information content (AvgIpc) is 2.96. The van der Waals surface area contributed by atoms with E-state index in [1.165, 1.54) is 16.5 Å². The SMILES string of the molecule is Cc1ccc(CCC(=O)NCc2c[nH]c3ccccc23)cc1. The Labute approximate surface area is 130 Å². The second-order valence-electron chi connectivity index (χ2n) is 5.62. The van der Waals surface area contributed by atoms with Crippen molar-refractivity contribution in [2.75, 3.05) is 0 Å². The van der Waals surface area contributed by atoms with E-state index < -0.39 is 0 Å². The predicted octanol–water partition coefficient (Wildman–Crippen LogP) is 3.73. The summed E-state index contributed by atoms with van der Waals surface area (Å²) in [7, 11) is 0. The van der Waals surface area contributed by atoms with Crippen molar-refractivity contribution in [2.45, 2.75) is 26.3 Å². The van der Waals surface area contributed by atoms with Gasteiger partial charge in [0, 0.05) is 30.1 Å². The van der Waals surface area contributed by atoms with Gasteiger partial charge in [-0.3, -0.25) is 4.79 Å². The third kappa shape index (κ3) is 3.37. The van der Waals surface area contributed by atoms with Crippen LogP contribution in [0.15, 0.2) is 54.7 Å². The highest BCUT2D eigenvalue weighted by atomic mass is 16.1. The molecule has 0 aliphatic heterocycles. The maximum Gasteiger partial charge on any atom is 0.220 e. The third-order valence-corrected chi connectivity index (χ3v) is 3.91. The molecule has 0 aliphatic rings. The number of para-hydroxylation sites is 1. The first-order valence-electron chi connectivity index (χ1n) is 7.59. The minimum atomic E-state index is 0.0888. The third-order valence-electron chi connectivity index (χ3n) is 3.91. The molecule has 1 heterocycles. The number of aryl methyl sites for hydroxylation is 2. The summed E-state index contributed by atoms with van der Waals surface area (Å²) in [6.07, 6.45) is 3.26. The highest BCUT2D eigenvalue weighted by molar-refractivity contribution is 5.84. The van der Waals surface area contributed by atoms with Gasteiger partial charge in [0.25, 0.3) is 0 Å². The largest absolute Gasteiger partial charge is 0.361 e. The van der Waals surface area contributed by atoms with Crippen molar-refractivity contribution in [3.63, 3.8) is 0 Å². The lowest BCUT2D eigenvalue weighted by atomic mass is 10.1. The van der Waals surface area contributed by atoms with E-state index in [-0.39, 0.29) is 5.91 Å². The summed E-state index contributed by atoms with van der Waals surface area (Å²) in [5.74, 6) is 0.0888. The van der Waals surface area contributed by atoms with E-state index in [9.17, 15) is 4.79 Å². The van der Waals surface area contributed by atoms with Gasteiger partial charge in [0.15, 0.2) is 0 Å². The lowest BCUT2D eigenvalue weighted by molar-refractivity contribution is -0.121. The molecule has 3 rings (SSSR count). The monoisotopic (exact) mass is 292 g/mol. The summed E-state index contributed by atoms with van der Waals surface area (Å²) in [5, 5.41) is 4.17. The van der Waals surface area contributed by atoms with Crippen LogP contribution in [0, 0.1) is 6.92 Å². The predicted molar refractivity (Wildman–Crippen MR) is 89.6 cm³/mol. The first kappa shape index (κ1) is 14.4.